The fourth-order valence-electron chi connectivity index (χ4n) is 3.85. The van der Waals surface area contributed by atoms with Crippen molar-refractivity contribution in [2.45, 2.75) is 79.9 Å². The van der Waals surface area contributed by atoms with E-state index in [1.54, 1.807) is 47.9 Å². The van der Waals surface area contributed by atoms with Gasteiger partial charge in [0.05, 0.1) is 29.9 Å². The molecule has 0 spiro atoms. The van der Waals surface area contributed by atoms with Crippen LogP contribution in [0, 0.1) is 16.6 Å². The van der Waals surface area contributed by atoms with Gasteiger partial charge in [-0.2, -0.15) is 0 Å². The molecule has 248 valence electrons. The number of nitrogens with zero attached hydrogens (tertiary/aromatic N) is 4. The number of aryl methyl sites for hydroxylation is 1. The first-order chi connectivity index (χ1) is 21.1. The molecule has 0 saturated carbocycles. The summed E-state index contributed by atoms with van der Waals surface area (Å²) in [5.41, 5.74) is 5.78. The molecule has 0 bridgehead atoms. The number of benzene rings is 1. The number of nitrogens with two attached hydrogens (primary N) is 1. The Morgan fingerprint density at radius 1 is 0.911 bits per heavy atom. The molecule has 0 aliphatic heterocycles. The molecule has 2 N–H and O–H groups in total. The minimum atomic E-state index is -4.05. The van der Waals surface area contributed by atoms with Crippen molar-refractivity contribution in [1.82, 2.24) is 19.5 Å². The van der Waals surface area contributed by atoms with Crippen molar-refractivity contribution in [2.24, 2.45) is 10.8 Å². The number of esters is 2. The van der Waals surface area contributed by atoms with E-state index in [0.29, 0.717) is 23.6 Å². The molecule has 0 saturated heterocycles. The van der Waals surface area contributed by atoms with Gasteiger partial charge in [-0.3, -0.25) is 23.2 Å². The lowest BCUT2D eigenvalue weighted by molar-refractivity contribution is -0.162. The second-order valence-electron chi connectivity index (χ2n) is 12.5. The van der Waals surface area contributed by atoms with Crippen LogP contribution in [0.2, 0.25) is 0 Å². The van der Waals surface area contributed by atoms with E-state index < -0.39 is 49.8 Å². The summed E-state index contributed by atoms with van der Waals surface area (Å²) in [6.45, 7) is 9.66. The van der Waals surface area contributed by atoms with E-state index >= 15 is 0 Å². The van der Waals surface area contributed by atoms with Gasteiger partial charge < -0.3 is 24.5 Å². The number of carbonyl (C=O) groups is 2. The summed E-state index contributed by atoms with van der Waals surface area (Å²) in [6.07, 6.45) is 6.17. The predicted molar refractivity (Wildman–Crippen MR) is 164 cm³/mol. The van der Waals surface area contributed by atoms with Crippen LogP contribution >= 0.6 is 7.60 Å². The lowest BCUT2D eigenvalue weighted by atomic mass is 9.98. The molecule has 0 aliphatic rings. The first kappa shape index (κ1) is 35.9. The highest BCUT2D eigenvalue weighted by Crippen LogP contribution is 2.51. The number of fused-ring (bicyclic) bond motifs is 1. The quantitative estimate of drug-likeness (QED) is 0.0831. The van der Waals surface area contributed by atoms with Crippen LogP contribution in [0.4, 0.5) is 10.2 Å². The molecule has 0 atom stereocenters. The number of halogens is 1. The second-order valence-corrected chi connectivity index (χ2v) is 14.6. The summed E-state index contributed by atoms with van der Waals surface area (Å²) in [7, 11) is -4.05. The first-order valence-corrected chi connectivity index (χ1v) is 16.4. The Kier molecular flexibility index (Phi) is 12.4. The van der Waals surface area contributed by atoms with Gasteiger partial charge in [-0.1, -0.05) is 18.9 Å². The maximum Gasteiger partial charge on any atom is 0.340 e. The minimum absolute atomic E-state index is 0.0517. The number of carbonyl (C=O) groups excluding carboxylic acids is 2. The summed E-state index contributed by atoms with van der Waals surface area (Å²) in [5.74, 6) is -1.40. The largest absolute Gasteiger partial charge is 0.491 e. The number of hydrogen-bond acceptors (Lipinski definition) is 12. The Balaban J connectivity index is 1.48. The van der Waals surface area contributed by atoms with Crippen molar-refractivity contribution in [2.75, 3.05) is 25.9 Å². The second kappa shape index (κ2) is 15.6. The zero-order chi connectivity index (χ0) is 33.3. The molecule has 45 heavy (non-hydrogen) atoms. The molecule has 0 aliphatic carbocycles. The predicted octanol–water partition coefficient (Wildman–Crippen LogP) is 6.01. The van der Waals surface area contributed by atoms with E-state index in [9.17, 15) is 18.5 Å². The van der Waals surface area contributed by atoms with E-state index in [1.165, 1.54) is 24.5 Å². The van der Waals surface area contributed by atoms with E-state index in [2.05, 4.69) is 15.0 Å². The van der Waals surface area contributed by atoms with Crippen LogP contribution in [-0.2, 0) is 45.4 Å². The number of nitrogen functional groups attached to an aromatic ring is 1. The number of unbranched alkanes of at least 4 members (excludes halogenated alkanes) is 3. The highest BCUT2D eigenvalue weighted by Gasteiger charge is 2.30. The van der Waals surface area contributed by atoms with Gasteiger partial charge in [-0.25, -0.2) is 19.3 Å². The molecule has 1 aromatic carbocycles. The van der Waals surface area contributed by atoms with Gasteiger partial charge in [0.15, 0.2) is 23.0 Å². The lowest BCUT2D eigenvalue weighted by Crippen LogP contribution is -2.24. The summed E-state index contributed by atoms with van der Waals surface area (Å²) < 4.78 is 56.7. The first-order valence-electron chi connectivity index (χ1n) is 14.6. The van der Waals surface area contributed by atoms with Crippen molar-refractivity contribution in [3.05, 3.63) is 42.2 Å². The van der Waals surface area contributed by atoms with Crippen molar-refractivity contribution in [3.8, 4) is 5.75 Å². The average Bonchev–Trinajstić information content (AvgIpc) is 3.36. The standard InChI is InChI=1S/C30H43FN5O8P/c1-29(2,3)27(37)41-19-43-45(39,44-20-42-28(38)30(4,5)6)16-21-11-12-23(22(31)15-21)40-14-10-8-7-9-13-36-18-35-24-25(32)33-17-34-26(24)36/h11-12,15,17-18H,7-10,13-14,16,19-20H2,1-6H3,(H2,32,33,34). The van der Waals surface area contributed by atoms with Gasteiger partial charge in [0.2, 0.25) is 13.6 Å². The van der Waals surface area contributed by atoms with Crippen LogP contribution in [0.5, 0.6) is 5.75 Å². The molecule has 0 radical (unpaired) electrons. The molecule has 2 heterocycles. The van der Waals surface area contributed by atoms with E-state index in [-0.39, 0.29) is 17.5 Å². The number of ether oxygens (including phenoxy) is 3. The van der Waals surface area contributed by atoms with E-state index in [4.69, 9.17) is 29.0 Å². The zero-order valence-corrected chi connectivity index (χ0v) is 27.6. The summed E-state index contributed by atoms with van der Waals surface area (Å²) in [6, 6.07) is 4.14. The van der Waals surface area contributed by atoms with E-state index in [0.717, 1.165) is 32.2 Å². The topological polar surface area (TPSA) is 167 Å². The zero-order valence-electron chi connectivity index (χ0n) is 26.7. The number of hydrogen-bond donors (Lipinski definition) is 1. The van der Waals surface area contributed by atoms with Crippen molar-refractivity contribution >= 4 is 36.5 Å². The molecule has 0 fully saturated rings. The molecule has 0 amide bonds. The molecular formula is C30H43FN5O8P. The summed E-state index contributed by atoms with van der Waals surface area (Å²) >= 11 is 0. The third-order valence-corrected chi connectivity index (χ3v) is 8.21. The van der Waals surface area contributed by atoms with Crippen molar-refractivity contribution in [1.29, 1.82) is 0 Å². The van der Waals surface area contributed by atoms with Gasteiger partial charge in [0.1, 0.15) is 11.8 Å². The normalized spacial score (nSPS) is 12.3. The third-order valence-electron chi connectivity index (χ3n) is 6.46. The lowest BCUT2D eigenvalue weighted by Gasteiger charge is -2.22. The van der Waals surface area contributed by atoms with Gasteiger partial charge in [0.25, 0.3) is 0 Å². The fourth-order valence-corrected chi connectivity index (χ4v) is 5.18. The van der Waals surface area contributed by atoms with Gasteiger partial charge in [0, 0.05) is 6.54 Å². The summed E-state index contributed by atoms with van der Waals surface area (Å²) in [5, 5.41) is 0. The molecule has 3 rings (SSSR count). The molecule has 13 nitrogen and oxygen atoms in total. The van der Waals surface area contributed by atoms with Crippen molar-refractivity contribution in [3.63, 3.8) is 0 Å². The monoisotopic (exact) mass is 651 g/mol. The van der Waals surface area contributed by atoms with Gasteiger partial charge in [-0.05, 0) is 72.1 Å². The molecule has 0 unspecified atom stereocenters. The molecule has 15 heteroatoms. The Morgan fingerprint density at radius 3 is 2.13 bits per heavy atom. The maximum atomic E-state index is 14.9. The van der Waals surface area contributed by atoms with Crippen molar-refractivity contribution < 1.29 is 41.8 Å². The van der Waals surface area contributed by atoms with Crippen LogP contribution in [0.1, 0.15) is 72.8 Å². The van der Waals surface area contributed by atoms with Gasteiger partial charge >= 0.3 is 19.5 Å². The highest BCUT2D eigenvalue weighted by atomic mass is 31.2. The number of anilines is 1. The van der Waals surface area contributed by atoms with Crippen LogP contribution in [0.25, 0.3) is 11.2 Å². The number of imidazole rings is 1. The molecule has 3 aromatic rings. The Labute approximate surface area is 262 Å². The van der Waals surface area contributed by atoms with Crippen LogP contribution in [-0.4, -0.2) is 51.7 Å². The third kappa shape index (κ3) is 11.1. The highest BCUT2D eigenvalue weighted by molar-refractivity contribution is 7.53. The number of rotatable bonds is 16. The Bertz CT molecular complexity index is 1470. The molecule has 2 aromatic heterocycles. The fraction of sp³-hybridized carbons (Fsp3) is 0.567. The maximum absolute atomic E-state index is 14.9. The Morgan fingerprint density at radius 2 is 1.53 bits per heavy atom. The number of aromatic nitrogens is 4. The average molecular weight is 652 g/mol. The van der Waals surface area contributed by atoms with Gasteiger partial charge in [-0.15, -0.1) is 0 Å². The summed E-state index contributed by atoms with van der Waals surface area (Å²) in [4.78, 5) is 36.6. The Hall–Kier alpha value is -3.61. The van der Waals surface area contributed by atoms with Crippen LogP contribution < -0.4 is 10.5 Å². The van der Waals surface area contributed by atoms with Crippen LogP contribution in [0.3, 0.4) is 0 Å². The molecular weight excluding hydrogens is 608 g/mol. The smallest absolute Gasteiger partial charge is 0.340 e. The van der Waals surface area contributed by atoms with E-state index in [1.807, 2.05) is 4.57 Å². The van der Waals surface area contributed by atoms with Crippen LogP contribution in [0.15, 0.2) is 30.9 Å². The minimum Gasteiger partial charge on any atom is -0.491 e. The SMILES string of the molecule is CC(C)(C)C(=O)OCOP(=O)(Cc1ccc(OCCCCCCn2cnc3c(N)ncnc32)c(F)c1)OCOC(=O)C(C)(C)C.